The Morgan fingerprint density at radius 2 is 1.88 bits per heavy atom. The summed E-state index contributed by atoms with van der Waals surface area (Å²) in [5, 5.41) is 3.26. The van der Waals surface area contributed by atoms with E-state index in [1.165, 1.54) is 0 Å². The van der Waals surface area contributed by atoms with Crippen LogP contribution in [0.4, 0.5) is 0 Å². The lowest BCUT2D eigenvalue weighted by atomic mass is 10.0. The zero-order valence-corrected chi connectivity index (χ0v) is 9.92. The molecule has 0 aliphatic carbocycles. The second kappa shape index (κ2) is 5.41. The number of methoxy groups -OCH3 is 1. The van der Waals surface area contributed by atoms with Gasteiger partial charge in [-0.05, 0) is 36.4 Å². The Bertz CT molecular complexity index is 473. The van der Waals surface area contributed by atoms with E-state index in [2.05, 4.69) is 15.3 Å². The van der Waals surface area contributed by atoms with Crippen LogP contribution < -0.4 is 10.1 Å². The Morgan fingerprint density at radius 3 is 2.53 bits per heavy atom. The lowest BCUT2D eigenvalue weighted by molar-refractivity contribution is 0.411. The van der Waals surface area contributed by atoms with E-state index in [0.717, 1.165) is 16.9 Å². The lowest BCUT2D eigenvalue weighted by Gasteiger charge is -2.17. The summed E-state index contributed by atoms with van der Waals surface area (Å²) in [5.41, 5.74) is 2.22. The summed E-state index contributed by atoms with van der Waals surface area (Å²) < 4.78 is 5.18. The molecule has 0 aliphatic rings. The first-order valence-electron chi connectivity index (χ1n) is 5.41. The highest BCUT2D eigenvalue weighted by atomic mass is 16.5. The minimum absolute atomic E-state index is 0.0978. The fraction of sp³-hybridized carbons (Fsp3) is 0.231. The van der Waals surface area contributed by atoms with Crippen LogP contribution in [0.25, 0.3) is 0 Å². The van der Waals surface area contributed by atoms with Crippen molar-refractivity contribution in [3.63, 3.8) is 0 Å². The average Bonchev–Trinajstić information content (AvgIpc) is 2.41. The number of aromatic nitrogens is 2. The molecule has 1 atom stereocenters. The van der Waals surface area contributed by atoms with Crippen molar-refractivity contribution in [1.82, 2.24) is 15.3 Å². The lowest BCUT2D eigenvalue weighted by Crippen LogP contribution is -2.17. The summed E-state index contributed by atoms with van der Waals surface area (Å²) in [7, 11) is 3.56. The Labute approximate surface area is 101 Å². The smallest absolute Gasteiger partial charge is 0.137 e. The predicted octanol–water partition coefficient (Wildman–Crippen LogP) is 1.79. The minimum atomic E-state index is 0.0978. The Hall–Kier alpha value is -1.94. The number of hydrogen-bond acceptors (Lipinski definition) is 4. The molecule has 0 saturated carbocycles. The third-order valence-corrected chi connectivity index (χ3v) is 2.63. The van der Waals surface area contributed by atoms with Gasteiger partial charge in [-0.2, -0.15) is 0 Å². The van der Waals surface area contributed by atoms with Crippen LogP contribution >= 0.6 is 0 Å². The van der Waals surface area contributed by atoms with Crippen molar-refractivity contribution in [2.45, 2.75) is 6.04 Å². The fourth-order valence-corrected chi connectivity index (χ4v) is 1.79. The fourth-order valence-electron chi connectivity index (χ4n) is 1.79. The molecule has 17 heavy (non-hydrogen) atoms. The van der Waals surface area contributed by atoms with Gasteiger partial charge in [-0.1, -0.05) is 0 Å². The van der Waals surface area contributed by atoms with E-state index >= 15 is 0 Å². The van der Waals surface area contributed by atoms with Crippen LogP contribution in [0, 0.1) is 0 Å². The standard InChI is InChI=1S/C13H15N3O/c1-14-13(10-3-5-15-6-4-10)11-7-12(17-2)9-16-8-11/h3-9,13-14H,1-2H3. The molecular formula is C13H15N3O. The van der Waals surface area contributed by atoms with E-state index in [9.17, 15) is 0 Å². The molecule has 0 saturated heterocycles. The van der Waals surface area contributed by atoms with Gasteiger partial charge in [0.25, 0.3) is 0 Å². The van der Waals surface area contributed by atoms with Crippen LogP contribution in [-0.4, -0.2) is 24.1 Å². The highest BCUT2D eigenvalue weighted by Gasteiger charge is 2.12. The number of nitrogens with one attached hydrogen (secondary N) is 1. The van der Waals surface area contributed by atoms with Crippen LogP contribution in [0.5, 0.6) is 5.75 Å². The number of pyridine rings is 2. The molecule has 1 unspecified atom stereocenters. The molecule has 0 fully saturated rings. The van der Waals surface area contributed by atoms with Gasteiger partial charge < -0.3 is 10.1 Å². The molecule has 2 aromatic rings. The van der Waals surface area contributed by atoms with Crippen LogP contribution in [-0.2, 0) is 0 Å². The van der Waals surface area contributed by atoms with Gasteiger partial charge >= 0.3 is 0 Å². The molecule has 0 amide bonds. The normalized spacial score (nSPS) is 12.1. The average molecular weight is 229 g/mol. The minimum Gasteiger partial charge on any atom is -0.495 e. The molecule has 88 valence electrons. The van der Waals surface area contributed by atoms with Crippen molar-refractivity contribution in [3.05, 3.63) is 54.1 Å². The maximum atomic E-state index is 5.18. The van der Waals surface area contributed by atoms with Crippen LogP contribution in [0.1, 0.15) is 17.2 Å². The zero-order chi connectivity index (χ0) is 12.1. The van der Waals surface area contributed by atoms with Crippen molar-refractivity contribution in [2.24, 2.45) is 0 Å². The second-order valence-corrected chi connectivity index (χ2v) is 3.66. The third-order valence-electron chi connectivity index (χ3n) is 2.63. The quantitative estimate of drug-likeness (QED) is 0.868. The molecule has 1 N–H and O–H groups in total. The van der Waals surface area contributed by atoms with Gasteiger partial charge in [-0.25, -0.2) is 0 Å². The number of ether oxygens (including phenoxy) is 1. The maximum Gasteiger partial charge on any atom is 0.137 e. The van der Waals surface area contributed by atoms with E-state index < -0.39 is 0 Å². The van der Waals surface area contributed by atoms with Gasteiger partial charge in [-0.3, -0.25) is 9.97 Å². The topological polar surface area (TPSA) is 47.0 Å². The Balaban J connectivity index is 2.35. The number of nitrogens with zero attached hydrogens (tertiary/aromatic N) is 2. The Morgan fingerprint density at radius 1 is 1.12 bits per heavy atom. The van der Waals surface area contributed by atoms with E-state index in [1.807, 2.05) is 31.4 Å². The first kappa shape index (κ1) is 11.5. The van der Waals surface area contributed by atoms with E-state index in [1.54, 1.807) is 25.7 Å². The molecule has 0 radical (unpaired) electrons. The number of rotatable bonds is 4. The summed E-state index contributed by atoms with van der Waals surface area (Å²) in [5.74, 6) is 0.761. The van der Waals surface area contributed by atoms with E-state index in [0.29, 0.717) is 0 Å². The molecule has 4 heteroatoms. The van der Waals surface area contributed by atoms with Crippen molar-refractivity contribution in [3.8, 4) is 5.75 Å². The molecule has 0 aromatic carbocycles. The molecule has 2 aromatic heterocycles. The Kier molecular flexibility index (Phi) is 3.67. The highest BCUT2D eigenvalue weighted by molar-refractivity contribution is 5.33. The van der Waals surface area contributed by atoms with E-state index in [-0.39, 0.29) is 6.04 Å². The van der Waals surface area contributed by atoms with Gasteiger partial charge in [0, 0.05) is 18.6 Å². The molecule has 2 heterocycles. The van der Waals surface area contributed by atoms with Gasteiger partial charge in [0.2, 0.25) is 0 Å². The summed E-state index contributed by atoms with van der Waals surface area (Å²) in [6, 6.07) is 6.05. The molecule has 4 nitrogen and oxygen atoms in total. The summed E-state index contributed by atoms with van der Waals surface area (Å²) in [4.78, 5) is 8.19. The summed E-state index contributed by atoms with van der Waals surface area (Å²) in [6.07, 6.45) is 7.10. The number of hydrogen-bond donors (Lipinski definition) is 1. The van der Waals surface area contributed by atoms with Crippen LogP contribution in [0.2, 0.25) is 0 Å². The molecular weight excluding hydrogens is 214 g/mol. The van der Waals surface area contributed by atoms with Gasteiger partial charge in [0.15, 0.2) is 0 Å². The summed E-state index contributed by atoms with van der Waals surface area (Å²) in [6.45, 7) is 0. The monoisotopic (exact) mass is 229 g/mol. The first-order chi connectivity index (χ1) is 8.35. The molecule has 0 aliphatic heterocycles. The van der Waals surface area contributed by atoms with Gasteiger partial charge in [0.1, 0.15) is 5.75 Å². The van der Waals surface area contributed by atoms with Crippen molar-refractivity contribution in [1.29, 1.82) is 0 Å². The first-order valence-corrected chi connectivity index (χ1v) is 5.41. The van der Waals surface area contributed by atoms with Crippen molar-refractivity contribution < 1.29 is 4.74 Å². The third kappa shape index (κ3) is 2.60. The van der Waals surface area contributed by atoms with Crippen LogP contribution in [0.15, 0.2) is 43.0 Å². The largest absolute Gasteiger partial charge is 0.495 e. The van der Waals surface area contributed by atoms with Crippen LogP contribution in [0.3, 0.4) is 0 Å². The maximum absolute atomic E-state index is 5.18. The van der Waals surface area contributed by atoms with E-state index in [4.69, 9.17) is 4.74 Å². The molecule has 2 rings (SSSR count). The summed E-state index contributed by atoms with van der Waals surface area (Å²) >= 11 is 0. The van der Waals surface area contributed by atoms with Crippen molar-refractivity contribution in [2.75, 3.05) is 14.2 Å². The zero-order valence-electron chi connectivity index (χ0n) is 9.92. The predicted molar refractivity (Wildman–Crippen MR) is 65.9 cm³/mol. The van der Waals surface area contributed by atoms with Gasteiger partial charge in [0.05, 0.1) is 19.3 Å². The molecule has 0 spiro atoms. The van der Waals surface area contributed by atoms with Crippen molar-refractivity contribution >= 4 is 0 Å². The van der Waals surface area contributed by atoms with Gasteiger partial charge in [-0.15, -0.1) is 0 Å². The SMILES string of the molecule is CNC(c1ccncc1)c1cncc(OC)c1. The molecule has 0 bridgehead atoms. The highest BCUT2D eigenvalue weighted by Crippen LogP contribution is 2.23. The second-order valence-electron chi connectivity index (χ2n) is 3.66.